The fourth-order valence-electron chi connectivity index (χ4n) is 1.81. The van der Waals surface area contributed by atoms with E-state index in [9.17, 15) is 4.79 Å². The molecule has 0 saturated heterocycles. The smallest absolute Gasteiger partial charge is 0.337 e. The molecule has 1 rings (SSSR count). The number of rotatable bonds is 5. The standard InChI is InChI=1S/C13H20N2O2/c1-4-5-9(2)15(3)10-6-7-12(14)11(8-10)13(16)17/h6-9H,4-5,14H2,1-3H3,(H,16,17). The number of carboxylic acid groups (broad SMARTS) is 1. The number of anilines is 2. The topological polar surface area (TPSA) is 66.6 Å². The maximum atomic E-state index is 11.0. The Morgan fingerprint density at radius 1 is 1.53 bits per heavy atom. The van der Waals surface area contributed by atoms with E-state index >= 15 is 0 Å². The summed E-state index contributed by atoms with van der Waals surface area (Å²) < 4.78 is 0. The van der Waals surface area contributed by atoms with Crippen LogP contribution in [0, 0.1) is 0 Å². The summed E-state index contributed by atoms with van der Waals surface area (Å²) in [5.41, 5.74) is 6.98. The number of nitrogens with two attached hydrogens (primary N) is 1. The number of benzene rings is 1. The molecule has 0 fully saturated rings. The van der Waals surface area contributed by atoms with Crippen LogP contribution < -0.4 is 10.6 Å². The van der Waals surface area contributed by atoms with Crippen molar-refractivity contribution in [2.45, 2.75) is 32.7 Å². The van der Waals surface area contributed by atoms with Gasteiger partial charge in [-0.25, -0.2) is 4.79 Å². The molecule has 0 aromatic heterocycles. The lowest BCUT2D eigenvalue weighted by Crippen LogP contribution is -2.28. The zero-order valence-electron chi connectivity index (χ0n) is 10.6. The predicted octanol–water partition coefficient (Wildman–Crippen LogP) is 2.59. The van der Waals surface area contributed by atoms with Gasteiger partial charge in [-0.1, -0.05) is 13.3 Å². The molecular weight excluding hydrogens is 216 g/mol. The lowest BCUT2D eigenvalue weighted by atomic mass is 10.1. The third-order valence-corrected chi connectivity index (χ3v) is 3.04. The van der Waals surface area contributed by atoms with Crippen LogP contribution in [-0.2, 0) is 0 Å². The Morgan fingerprint density at radius 2 is 2.18 bits per heavy atom. The second-order valence-corrected chi connectivity index (χ2v) is 4.33. The highest BCUT2D eigenvalue weighted by atomic mass is 16.4. The number of aromatic carboxylic acids is 1. The molecule has 3 N–H and O–H groups in total. The van der Waals surface area contributed by atoms with E-state index in [0.29, 0.717) is 11.7 Å². The molecular formula is C13H20N2O2. The van der Waals surface area contributed by atoms with Crippen LogP contribution in [0.2, 0.25) is 0 Å². The molecule has 0 spiro atoms. The minimum absolute atomic E-state index is 0.165. The first-order valence-corrected chi connectivity index (χ1v) is 5.83. The lowest BCUT2D eigenvalue weighted by molar-refractivity contribution is 0.0698. The maximum absolute atomic E-state index is 11.0. The van der Waals surface area contributed by atoms with E-state index in [1.807, 2.05) is 13.1 Å². The van der Waals surface area contributed by atoms with Crippen molar-refractivity contribution in [1.82, 2.24) is 0 Å². The summed E-state index contributed by atoms with van der Waals surface area (Å²) in [6, 6.07) is 5.51. The molecule has 0 bridgehead atoms. The zero-order chi connectivity index (χ0) is 13.0. The third-order valence-electron chi connectivity index (χ3n) is 3.04. The van der Waals surface area contributed by atoms with Gasteiger partial charge in [0.15, 0.2) is 0 Å². The van der Waals surface area contributed by atoms with E-state index in [2.05, 4.69) is 18.7 Å². The first kappa shape index (κ1) is 13.4. The Kier molecular flexibility index (Phi) is 4.37. The molecule has 1 aromatic rings. The zero-order valence-corrected chi connectivity index (χ0v) is 10.6. The van der Waals surface area contributed by atoms with Crippen LogP contribution in [0.5, 0.6) is 0 Å². The summed E-state index contributed by atoms with van der Waals surface area (Å²) in [5.74, 6) is -0.985. The van der Waals surface area contributed by atoms with Crippen LogP contribution in [0.3, 0.4) is 0 Å². The molecule has 4 heteroatoms. The molecule has 0 amide bonds. The average Bonchev–Trinajstić information content (AvgIpc) is 2.28. The quantitative estimate of drug-likeness (QED) is 0.771. The first-order chi connectivity index (χ1) is 7.97. The van der Waals surface area contributed by atoms with Crippen LogP contribution in [-0.4, -0.2) is 24.2 Å². The number of carbonyl (C=O) groups is 1. The van der Waals surface area contributed by atoms with Gasteiger partial charge in [0.25, 0.3) is 0 Å². The van der Waals surface area contributed by atoms with Crippen molar-refractivity contribution in [2.75, 3.05) is 17.7 Å². The molecule has 1 atom stereocenters. The van der Waals surface area contributed by atoms with E-state index in [1.54, 1.807) is 12.1 Å². The van der Waals surface area contributed by atoms with E-state index in [1.165, 1.54) is 0 Å². The minimum atomic E-state index is -0.985. The second kappa shape index (κ2) is 5.57. The van der Waals surface area contributed by atoms with Crippen molar-refractivity contribution in [3.05, 3.63) is 23.8 Å². The van der Waals surface area contributed by atoms with Gasteiger partial charge in [-0.15, -0.1) is 0 Å². The van der Waals surface area contributed by atoms with E-state index in [-0.39, 0.29) is 5.56 Å². The third kappa shape index (κ3) is 3.12. The van der Waals surface area contributed by atoms with Gasteiger partial charge in [0, 0.05) is 24.5 Å². The monoisotopic (exact) mass is 236 g/mol. The molecule has 1 unspecified atom stereocenters. The van der Waals surface area contributed by atoms with Gasteiger partial charge in [-0.3, -0.25) is 0 Å². The molecule has 94 valence electrons. The highest BCUT2D eigenvalue weighted by Gasteiger charge is 2.13. The Labute approximate surface area is 102 Å². The highest BCUT2D eigenvalue weighted by Crippen LogP contribution is 2.23. The van der Waals surface area contributed by atoms with Gasteiger partial charge < -0.3 is 15.7 Å². The highest BCUT2D eigenvalue weighted by molar-refractivity contribution is 5.94. The summed E-state index contributed by atoms with van der Waals surface area (Å²) in [6.45, 7) is 4.26. The van der Waals surface area contributed by atoms with Gasteiger partial charge in [-0.05, 0) is 31.5 Å². The molecule has 0 aliphatic rings. The number of nitrogens with zero attached hydrogens (tertiary/aromatic N) is 1. The molecule has 0 heterocycles. The summed E-state index contributed by atoms with van der Waals surface area (Å²) in [4.78, 5) is 13.1. The van der Waals surface area contributed by atoms with Gasteiger partial charge in [0.2, 0.25) is 0 Å². The van der Waals surface area contributed by atoms with Crippen molar-refractivity contribution < 1.29 is 9.90 Å². The average molecular weight is 236 g/mol. The Morgan fingerprint density at radius 3 is 2.71 bits per heavy atom. The normalized spacial score (nSPS) is 12.2. The fraction of sp³-hybridized carbons (Fsp3) is 0.462. The first-order valence-electron chi connectivity index (χ1n) is 5.83. The Balaban J connectivity index is 2.99. The van der Waals surface area contributed by atoms with E-state index in [0.717, 1.165) is 18.5 Å². The van der Waals surface area contributed by atoms with Crippen LogP contribution >= 0.6 is 0 Å². The summed E-state index contributed by atoms with van der Waals surface area (Å²) in [7, 11) is 1.97. The van der Waals surface area contributed by atoms with Gasteiger partial charge >= 0.3 is 5.97 Å². The summed E-state index contributed by atoms with van der Waals surface area (Å²) >= 11 is 0. The SMILES string of the molecule is CCCC(C)N(C)c1ccc(N)c(C(=O)O)c1. The molecule has 0 aliphatic carbocycles. The van der Waals surface area contributed by atoms with Gasteiger partial charge in [0.1, 0.15) is 0 Å². The second-order valence-electron chi connectivity index (χ2n) is 4.33. The number of hydrogen-bond donors (Lipinski definition) is 2. The van der Waals surface area contributed by atoms with Crippen LogP contribution in [0.4, 0.5) is 11.4 Å². The molecule has 4 nitrogen and oxygen atoms in total. The largest absolute Gasteiger partial charge is 0.478 e. The van der Waals surface area contributed by atoms with Crippen LogP contribution in [0.1, 0.15) is 37.0 Å². The van der Waals surface area contributed by atoms with Crippen LogP contribution in [0.25, 0.3) is 0 Å². The number of nitrogen functional groups attached to an aromatic ring is 1. The molecule has 0 saturated carbocycles. The van der Waals surface area contributed by atoms with Gasteiger partial charge in [0.05, 0.1) is 5.56 Å². The fourth-order valence-corrected chi connectivity index (χ4v) is 1.81. The summed E-state index contributed by atoms with van der Waals surface area (Å²) in [6.07, 6.45) is 2.18. The minimum Gasteiger partial charge on any atom is -0.478 e. The summed E-state index contributed by atoms with van der Waals surface area (Å²) in [5, 5.41) is 9.02. The maximum Gasteiger partial charge on any atom is 0.337 e. The predicted molar refractivity (Wildman–Crippen MR) is 70.6 cm³/mol. The Hall–Kier alpha value is -1.71. The van der Waals surface area contributed by atoms with E-state index in [4.69, 9.17) is 10.8 Å². The van der Waals surface area contributed by atoms with Crippen LogP contribution in [0.15, 0.2) is 18.2 Å². The van der Waals surface area contributed by atoms with Crippen molar-refractivity contribution in [2.24, 2.45) is 0 Å². The lowest BCUT2D eigenvalue weighted by Gasteiger charge is -2.27. The molecule has 17 heavy (non-hydrogen) atoms. The van der Waals surface area contributed by atoms with Crippen molar-refractivity contribution >= 4 is 17.3 Å². The van der Waals surface area contributed by atoms with Crippen molar-refractivity contribution in [1.29, 1.82) is 0 Å². The number of carboxylic acids is 1. The van der Waals surface area contributed by atoms with Gasteiger partial charge in [-0.2, -0.15) is 0 Å². The van der Waals surface area contributed by atoms with Crippen molar-refractivity contribution in [3.8, 4) is 0 Å². The van der Waals surface area contributed by atoms with E-state index < -0.39 is 5.97 Å². The number of hydrogen-bond acceptors (Lipinski definition) is 3. The molecule has 1 aromatic carbocycles. The molecule has 0 radical (unpaired) electrons. The van der Waals surface area contributed by atoms with Crippen molar-refractivity contribution in [3.63, 3.8) is 0 Å². The Bertz CT molecular complexity index is 404. The molecule has 0 aliphatic heterocycles.